The van der Waals surface area contributed by atoms with Crippen LogP contribution in [0.1, 0.15) is 30.0 Å². The van der Waals surface area contributed by atoms with Crippen LogP contribution in [0.25, 0.3) is 0 Å². The van der Waals surface area contributed by atoms with Gasteiger partial charge in [-0.25, -0.2) is 4.39 Å². The van der Waals surface area contributed by atoms with Gasteiger partial charge in [-0.1, -0.05) is 30.3 Å². The number of para-hydroxylation sites is 1. The van der Waals surface area contributed by atoms with Crippen LogP contribution in [0.2, 0.25) is 0 Å². The normalized spacial score (nSPS) is 18.1. The number of hydrogen-bond acceptors (Lipinski definition) is 2. The molecule has 0 aromatic heterocycles. The highest BCUT2D eigenvalue weighted by Crippen LogP contribution is 2.31. The Hall–Kier alpha value is -2.20. The molecule has 23 heavy (non-hydrogen) atoms. The molecule has 1 unspecified atom stereocenters. The summed E-state index contributed by atoms with van der Waals surface area (Å²) >= 11 is 0. The average molecular weight is 312 g/mol. The van der Waals surface area contributed by atoms with Gasteiger partial charge in [-0.2, -0.15) is 0 Å². The molecule has 3 rings (SSSR count). The maximum Gasteiger partial charge on any atom is 0.238 e. The van der Waals surface area contributed by atoms with E-state index in [0.29, 0.717) is 6.54 Å². The number of nitrogens with one attached hydrogen (secondary N) is 1. The van der Waals surface area contributed by atoms with E-state index in [1.165, 1.54) is 12.1 Å². The van der Waals surface area contributed by atoms with Crippen molar-refractivity contribution < 1.29 is 9.18 Å². The van der Waals surface area contributed by atoms with Gasteiger partial charge in [0.05, 0.1) is 6.54 Å². The maximum absolute atomic E-state index is 13.1. The number of halogens is 1. The first-order valence-corrected chi connectivity index (χ1v) is 7.98. The van der Waals surface area contributed by atoms with Crippen LogP contribution in [0.3, 0.4) is 0 Å². The van der Waals surface area contributed by atoms with Crippen molar-refractivity contribution in [1.29, 1.82) is 0 Å². The molecular formula is C19H21FN2O. The van der Waals surface area contributed by atoms with Crippen LogP contribution in [-0.2, 0) is 4.79 Å². The highest BCUT2D eigenvalue weighted by molar-refractivity contribution is 5.93. The summed E-state index contributed by atoms with van der Waals surface area (Å²) in [6.45, 7) is 3.23. The first kappa shape index (κ1) is 15.7. The van der Waals surface area contributed by atoms with Crippen molar-refractivity contribution in [2.45, 2.75) is 25.8 Å². The van der Waals surface area contributed by atoms with E-state index in [4.69, 9.17) is 0 Å². The lowest BCUT2D eigenvalue weighted by molar-refractivity contribution is -0.117. The standard InChI is InChI=1S/C19H21FN2O/c1-14-5-2-3-6-17(14)21-19(23)13-22-12-4-7-18(22)15-8-10-16(20)11-9-15/h2-3,5-6,8-11,18H,4,7,12-13H2,1H3,(H,21,23). The number of anilines is 1. The highest BCUT2D eigenvalue weighted by atomic mass is 19.1. The lowest BCUT2D eigenvalue weighted by Gasteiger charge is -2.24. The predicted octanol–water partition coefficient (Wildman–Crippen LogP) is 3.91. The fourth-order valence-corrected chi connectivity index (χ4v) is 3.17. The Morgan fingerprint density at radius 1 is 1.22 bits per heavy atom. The average Bonchev–Trinajstić information content (AvgIpc) is 2.98. The predicted molar refractivity (Wildman–Crippen MR) is 89.8 cm³/mol. The van der Waals surface area contributed by atoms with E-state index >= 15 is 0 Å². The minimum atomic E-state index is -0.226. The minimum absolute atomic E-state index is 0.00619. The summed E-state index contributed by atoms with van der Waals surface area (Å²) < 4.78 is 13.1. The molecule has 1 aliphatic rings. The molecule has 2 aromatic rings. The molecule has 0 aliphatic carbocycles. The van der Waals surface area contributed by atoms with Crippen LogP contribution in [-0.4, -0.2) is 23.9 Å². The lowest BCUT2D eigenvalue weighted by Crippen LogP contribution is -2.33. The molecule has 0 saturated carbocycles. The molecule has 0 spiro atoms. The van der Waals surface area contributed by atoms with Crippen LogP contribution in [0.5, 0.6) is 0 Å². The summed E-state index contributed by atoms with van der Waals surface area (Å²) in [5.41, 5.74) is 2.99. The van der Waals surface area contributed by atoms with E-state index in [1.807, 2.05) is 43.3 Å². The maximum atomic E-state index is 13.1. The molecule has 0 radical (unpaired) electrons. The molecule has 0 bridgehead atoms. The second-order valence-corrected chi connectivity index (χ2v) is 6.04. The van der Waals surface area contributed by atoms with Crippen LogP contribution < -0.4 is 5.32 Å². The van der Waals surface area contributed by atoms with E-state index in [0.717, 1.165) is 36.2 Å². The lowest BCUT2D eigenvalue weighted by atomic mass is 10.0. The van der Waals surface area contributed by atoms with Crippen molar-refractivity contribution in [1.82, 2.24) is 4.90 Å². The molecule has 1 saturated heterocycles. The fraction of sp³-hybridized carbons (Fsp3) is 0.316. The zero-order valence-corrected chi connectivity index (χ0v) is 13.3. The molecule has 2 aromatic carbocycles. The van der Waals surface area contributed by atoms with Gasteiger partial charge in [-0.05, 0) is 55.6 Å². The quantitative estimate of drug-likeness (QED) is 0.928. The summed E-state index contributed by atoms with van der Waals surface area (Å²) in [5.74, 6) is -0.232. The first-order chi connectivity index (χ1) is 11.1. The number of carbonyl (C=O) groups is 1. The SMILES string of the molecule is Cc1ccccc1NC(=O)CN1CCCC1c1ccc(F)cc1. The highest BCUT2D eigenvalue weighted by Gasteiger charge is 2.27. The Labute approximate surface area is 136 Å². The second-order valence-electron chi connectivity index (χ2n) is 6.04. The third-order valence-corrected chi connectivity index (χ3v) is 4.38. The number of benzene rings is 2. The zero-order valence-electron chi connectivity index (χ0n) is 13.3. The van der Waals surface area contributed by atoms with E-state index in [2.05, 4.69) is 10.2 Å². The number of rotatable bonds is 4. The van der Waals surface area contributed by atoms with Gasteiger partial charge in [0.15, 0.2) is 0 Å². The molecule has 1 amide bonds. The number of nitrogens with zero attached hydrogens (tertiary/aromatic N) is 1. The van der Waals surface area contributed by atoms with Gasteiger partial charge in [0.1, 0.15) is 5.82 Å². The van der Waals surface area contributed by atoms with Crippen molar-refractivity contribution in [3.05, 3.63) is 65.5 Å². The van der Waals surface area contributed by atoms with Gasteiger partial charge >= 0.3 is 0 Å². The van der Waals surface area contributed by atoms with Crippen LogP contribution in [0.15, 0.2) is 48.5 Å². The largest absolute Gasteiger partial charge is 0.325 e. The van der Waals surface area contributed by atoms with Gasteiger partial charge in [0.25, 0.3) is 0 Å². The van der Waals surface area contributed by atoms with E-state index in [9.17, 15) is 9.18 Å². The van der Waals surface area contributed by atoms with Gasteiger partial charge < -0.3 is 5.32 Å². The van der Waals surface area contributed by atoms with Gasteiger partial charge in [-0.3, -0.25) is 9.69 Å². The Morgan fingerprint density at radius 2 is 1.96 bits per heavy atom. The smallest absolute Gasteiger partial charge is 0.238 e. The number of likely N-dealkylation sites (tertiary alicyclic amines) is 1. The minimum Gasteiger partial charge on any atom is -0.325 e. The molecule has 120 valence electrons. The van der Waals surface area contributed by atoms with Crippen LogP contribution >= 0.6 is 0 Å². The summed E-state index contributed by atoms with van der Waals surface area (Å²) in [5, 5.41) is 2.98. The topological polar surface area (TPSA) is 32.3 Å². The third-order valence-electron chi connectivity index (χ3n) is 4.38. The zero-order chi connectivity index (χ0) is 16.2. The van der Waals surface area contributed by atoms with Crippen molar-refractivity contribution >= 4 is 11.6 Å². The molecule has 1 heterocycles. The van der Waals surface area contributed by atoms with E-state index < -0.39 is 0 Å². The van der Waals surface area contributed by atoms with Crippen LogP contribution in [0.4, 0.5) is 10.1 Å². The van der Waals surface area contributed by atoms with Crippen LogP contribution in [0, 0.1) is 12.7 Å². The van der Waals surface area contributed by atoms with Crippen molar-refractivity contribution in [3.8, 4) is 0 Å². The van der Waals surface area contributed by atoms with Crippen molar-refractivity contribution in [3.63, 3.8) is 0 Å². The van der Waals surface area contributed by atoms with E-state index in [-0.39, 0.29) is 17.8 Å². The summed E-state index contributed by atoms with van der Waals surface area (Å²) in [6.07, 6.45) is 2.06. The summed E-state index contributed by atoms with van der Waals surface area (Å²) in [7, 11) is 0. The number of aryl methyl sites for hydroxylation is 1. The molecule has 1 atom stereocenters. The fourth-order valence-electron chi connectivity index (χ4n) is 3.17. The Balaban J connectivity index is 1.65. The first-order valence-electron chi connectivity index (χ1n) is 7.98. The number of amides is 1. The Bertz CT molecular complexity index is 684. The van der Waals surface area contributed by atoms with Crippen molar-refractivity contribution in [2.75, 3.05) is 18.4 Å². The van der Waals surface area contributed by atoms with Gasteiger partial charge in [0, 0.05) is 11.7 Å². The molecular weight excluding hydrogens is 291 g/mol. The number of hydrogen-bond donors (Lipinski definition) is 1. The summed E-state index contributed by atoms with van der Waals surface area (Å²) in [6, 6.07) is 14.6. The summed E-state index contributed by atoms with van der Waals surface area (Å²) in [4.78, 5) is 14.5. The Morgan fingerprint density at radius 3 is 2.70 bits per heavy atom. The van der Waals surface area contributed by atoms with E-state index in [1.54, 1.807) is 0 Å². The third kappa shape index (κ3) is 3.77. The van der Waals surface area contributed by atoms with Gasteiger partial charge in [0.2, 0.25) is 5.91 Å². The monoisotopic (exact) mass is 312 g/mol. The molecule has 3 nitrogen and oxygen atoms in total. The molecule has 4 heteroatoms. The number of carbonyl (C=O) groups excluding carboxylic acids is 1. The second kappa shape index (κ2) is 6.92. The molecule has 1 N–H and O–H groups in total. The Kier molecular flexibility index (Phi) is 4.72. The van der Waals surface area contributed by atoms with Crippen molar-refractivity contribution in [2.24, 2.45) is 0 Å². The molecule has 1 fully saturated rings. The molecule has 1 aliphatic heterocycles. The van der Waals surface area contributed by atoms with Gasteiger partial charge in [-0.15, -0.1) is 0 Å².